The van der Waals surface area contributed by atoms with Crippen molar-refractivity contribution in [2.24, 2.45) is 11.1 Å². The van der Waals surface area contributed by atoms with Crippen LogP contribution in [0.4, 0.5) is 0 Å². The van der Waals surface area contributed by atoms with Gasteiger partial charge in [0.1, 0.15) is 5.75 Å². The van der Waals surface area contributed by atoms with Crippen LogP contribution in [0.25, 0.3) is 0 Å². The molecule has 6 nitrogen and oxygen atoms in total. The van der Waals surface area contributed by atoms with Crippen LogP contribution >= 0.6 is 0 Å². The third-order valence-electron chi connectivity index (χ3n) is 5.65. The fourth-order valence-electron chi connectivity index (χ4n) is 4.14. The SMILES string of the molecule is CCOc1ccc(CN2CCC3(CCC(=O)N(CC(N)=O)C3)CC2)cc1. The zero-order valence-electron chi connectivity index (χ0n) is 15.6. The van der Waals surface area contributed by atoms with Crippen LogP contribution in [-0.2, 0) is 16.1 Å². The molecule has 0 atom stereocenters. The highest BCUT2D eigenvalue weighted by Crippen LogP contribution is 2.40. The molecule has 1 aromatic carbocycles. The number of hydrogen-bond donors (Lipinski definition) is 1. The average Bonchev–Trinajstić information content (AvgIpc) is 2.62. The Balaban J connectivity index is 1.53. The number of carbonyl (C=O) groups excluding carboxylic acids is 2. The smallest absolute Gasteiger partial charge is 0.237 e. The molecule has 2 N–H and O–H groups in total. The minimum Gasteiger partial charge on any atom is -0.494 e. The number of piperidine rings is 2. The number of rotatable bonds is 6. The average molecular weight is 359 g/mol. The number of primary amides is 1. The highest BCUT2D eigenvalue weighted by Gasteiger charge is 2.41. The fraction of sp³-hybridized carbons (Fsp3) is 0.600. The van der Waals surface area contributed by atoms with Gasteiger partial charge in [-0.15, -0.1) is 0 Å². The standard InChI is InChI=1S/C20H29N3O3/c1-2-26-17-5-3-16(4-6-17)13-22-11-9-20(10-12-22)8-7-19(25)23(15-20)14-18(21)24/h3-6H,2,7-15H2,1H3,(H2,21,24). The summed E-state index contributed by atoms with van der Waals surface area (Å²) < 4.78 is 5.49. The van der Waals surface area contributed by atoms with Gasteiger partial charge in [-0.25, -0.2) is 0 Å². The summed E-state index contributed by atoms with van der Waals surface area (Å²) in [4.78, 5) is 27.4. The van der Waals surface area contributed by atoms with E-state index in [1.54, 1.807) is 4.90 Å². The first-order valence-electron chi connectivity index (χ1n) is 9.50. The molecular weight excluding hydrogens is 330 g/mol. The van der Waals surface area contributed by atoms with Gasteiger partial charge in [0, 0.05) is 19.5 Å². The Labute approximate surface area is 155 Å². The van der Waals surface area contributed by atoms with Gasteiger partial charge in [0.25, 0.3) is 0 Å². The minimum atomic E-state index is -0.427. The molecule has 0 unspecified atom stereocenters. The van der Waals surface area contributed by atoms with Crippen LogP contribution in [0.2, 0.25) is 0 Å². The summed E-state index contributed by atoms with van der Waals surface area (Å²) in [5.41, 5.74) is 6.73. The van der Waals surface area contributed by atoms with Crippen LogP contribution < -0.4 is 10.5 Å². The Hall–Kier alpha value is -2.08. The highest BCUT2D eigenvalue weighted by atomic mass is 16.5. The van der Waals surface area contributed by atoms with Gasteiger partial charge in [0.2, 0.25) is 11.8 Å². The summed E-state index contributed by atoms with van der Waals surface area (Å²) in [6.07, 6.45) is 3.59. The van der Waals surface area contributed by atoms with Gasteiger partial charge in [-0.1, -0.05) is 12.1 Å². The summed E-state index contributed by atoms with van der Waals surface area (Å²) in [5.74, 6) is 0.546. The Morgan fingerprint density at radius 3 is 2.50 bits per heavy atom. The molecule has 2 amide bonds. The van der Waals surface area contributed by atoms with Crippen LogP contribution in [0.5, 0.6) is 5.75 Å². The van der Waals surface area contributed by atoms with Crippen molar-refractivity contribution in [2.75, 3.05) is 32.8 Å². The molecule has 2 saturated heterocycles. The quantitative estimate of drug-likeness (QED) is 0.840. The lowest BCUT2D eigenvalue weighted by atomic mass is 9.72. The molecule has 1 spiro atoms. The van der Waals surface area contributed by atoms with Gasteiger partial charge in [-0.3, -0.25) is 14.5 Å². The van der Waals surface area contributed by atoms with Gasteiger partial charge >= 0.3 is 0 Å². The monoisotopic (exact) mass is 359 g/mol. The number of benzene rings is 1. The Bertz CT molecular complexity index is 636. The fourth-order valence-corrected chi connectivity index (χ4v) is 4.14. The molecule has 0 aromatic heterocycles. The third-order valence-corrected chi connectivity index (χ3v) is 5.65. The van der Waals surface area contributed by atoms with Crippen molar-refractivity contribution < 1.29 is 14.3 Å². The number of hydrogen-bond acceptors (Lipinski definition) is 4. The maximum Gasteiger partial charge on any atom is 0.237 e. The zero-order valence-corrected chi connectivity index (χ0v) is 15.6. The van der Waals surface area contributed by atoms with E-state index < -0.39 is 5.91 Å². The number of carbonyl (C=O) groups is 2. The minimum absolute atomic E-state index is 0.0521. The maximum absolute atomic E-state index is 12.0. The summed E-state index contributed by atoms with van der Waals surface area (Å²) >= 11 is 0. The first-order chi connectivity index (χ1) is 12.5. The Kier molecular flexibility index (Phi) is 5.81. The van der Waals surface area contributed by atoms with Crippen LogP contribution in [0, 0.1) is 5.41 Å². The summed E-state index contributed by atoms with van der Waals surface area (Å²) in [5, 5.41) is 0. The summed E-state index contributed by atoms with van der Waals surface area (Å²) in [7, 11) is 0. The van der Waals surface area contributed by atoms with Crippen molar-refractivity contribution in [3.8, 4) is 5.75 Å². The normalized spacial score (nSPS) is 20.3. The molecule has 2 fully saturated rings. The van der Waals surface area contributed by atoms with Crippen LogP contribution in [0.3, 0.4) is 0 Å². The number of likely N-dealkylation sites (tertiary alicyclic amines) is 2. The molecule has 0 aliphatic carbocycles. The molecule has 26 heavy (non-hydrogen) atoms. The van der Waals surface area contributed by atoms with E-state index in [4.69, 9.17) is 10.5 Å². The first kappa shape index (κ1) is 18.7. The van der Waals surface area contributed by atoms with E-state index in [0.29, 0.717) is 19.6 Å². The van der Waals surface area contributed by atoms with Gasteiger partial charge in [0.15, 0.2) is 0 Å². The molecule has 0 radical (unpaired) electrons. The van der Waals surface area contributed by atoms with Crippen molar-refractivity contribution in [1.82, 2.24) is 9.80 Å². The molecular formula is C20H29N3O3. The second-order valence-corrected chi connectivity index (χ2v) is 7.57. The molecule has 1 aromatic rings. The Morgan fingerprint density at radius 1 is 1.19 bits per heavy atom. The predicted molar refractivity (Wildman–Crippen MR) is 99.6 cm³/mol. The van der Waals surface area contributed by atoms with Crippen LogP contribution in [-0.4, -0.2) is 54.4 Å². The van der Waals surface area contributed by atoms with Crippen LogP contribution in [0.15, 0.2) is 24.3 Å². The summed E-state index contributed by atoms with van der Waals surface area (Å²) in [6, 6.07) is 8.31. The molecule has 2 heterocycles. The molecule has 3 rings (SSSR count). The zero-order chi connectivity index (χ0) is 18.6. The topological polar surface area (TPSA) is 75.9 Å². The van der Waals surface area contributed by atoms with E-state index in [-0.39, 0.29) is 17.9 Å². The highest BCUT2D eigenvalue weighted by molar-refractivity contribution is 5.84. The van der Waals surface area contributed by atoms with Crippen molar-refractivity contribution in [2.45, 2.75) is 39.2 Å². The van der Waals surface area contributed by atoms with E-state index in [9.17, 15) is 9.59 Å². The Morgan fingerprint density at radius 2 is 1.88 bits per heavy atom. The van der Waals surface area contributed by atoms with Gasteiger partial charge in [-0.05, 0) is 62.4 Å². The lowest BCUT2D eigenvalue weighted by Crippen LogP contribution is -2.53. The number of nitrogens with zero attached hydrogens (tertiary/aromatic N) is 2. The molecule has 2 aliphatic heterocycles. The number of ether oxygens (including phenoxy) is 1. The molecule has 2 aliphatic rings. The largest absolute Gasteiger partial charge is 0.494 e. The van der Waals surface area contributed by atoms with Crippen molar-refractivity contribution in [3.05, 3.63) is 29.8 Å². The second kappa shape index (κ2) is 8.08. The van der Waals surface area contributed by atoms with Crippen molar-refractivity contribution in [3.63, 3.8) is 0 Å². The molecule has 0 bridgehead atoms. The van der Waals surface area contributed by atoms with Gasteiger partial charge in [-0.2, -0.15) is 0 Å². The van der Waals surface area contributed by atoms with E-state index in [1.807, 2.05) is 19.1 Å². The number of nitrogens with two attached hydrogens (primary N) is 1. The van der Waals surface area contributed by atoms with Gasteiger partial charge in [0.05, 0.1) is 13.2 Å². The van der Waals surface area contributed by atoms with E-state index >= 15 is 0 Å². The summed E-state index contributed by atoms with van der Waals surface area (Å²) in [6.45, 7) is 6.37. The van der Waals surface area contributed by atoms with E-state index in [0.717, 1.165) is 44.6 Å². The van der Waals surface area contributed by atoms with Crippen molar-refractivity contribution >= 4 is 11.8 Å². The molecule has 142 valence electrons. The first-order valence-corrected chi connectivity index (χ1v) is 9.50. The lowest BCUT2D eigenvalue weighted by molar-refractivity contribution is -0.142. The predicted octanol–water partition coefficient (Wildman–Crippen LogP) is 1.78. The van der Waals surface area contributed by atoms with Crippen LogP contribution in [0.1, 0.15) is 38.2 Å². The second-order valence-electron chi connectivity index (χ2n) is 7.57. The maximum atomic E-state index is 12.0. The lowest BCUT2D eigenvalue weighted by Gasteiger charge is -2.47. The number of amides is 2. The van der Waals surface area contributed by atoms with Crippen molar-refractivity contribution in [1.29, 1.82) is 0 Å². The molecule has 0 saturated carbocycles. The third kappa shape index (κ3) is 4.55. The van der Waals surface area contributed by atoms with Gasteiger partial charge < -0.3 is 15.4 Å². The molecule has 6 heteroatoms. The van der Waals surface area contributed by atoms with E-state index in [1.165, 1.54) is 5.56 Å². The van der Waals surface area contributed by atoms with E-state index in [2.05, 4.69) is 17.0 Å².